The molecule has 0 saturated heterocycles. The van der Waals surface area contributed by atoms with Crippen LogP contribution in [0.1, 0.15) is 16.7 Å². The van der Waals surface area contributed by atoms with Crippen LogP contribution in [0.3, 0.4) is 0 Å². The molecule has 0 amide bonds. The summed E-state index contributed by atoms with van der Waals surface area (Å²) in [4.78, 5) is 23.3. The van der Waals surface area contributed by atoms with Gasteiger partial charge in [0, 0.05) is 6.42 Å². The van der Waals surface area contributed by atoms with E-state index in [0.717, 1.165) is 16.7 Å². The largest absolute Gasteiger partial charge is 0.459 e. The zero-order chi connectivity index (χ0) is 21.2. The summed E-state index contributed by atoms with van der Waals surface area (Å²) in [6.45, 7) is -3.47. The summed E-state index contributed by atoms with van der Waals surface area (Å²) in [5, 5.41) is 0. The Morgan fingerprint density at radius 3 is 1.80 bits per heavy atom. The zero-order valence-electron chi connectivity index (χ0n) is 16.3. The first kappa shape index (κ1) is 22.3. The number of hydrogen-bond acceptors (Lipinski definition) is 5. The third-order valence-corrected chi connectivity index (χ3v) is 5.80. The molecule has 7 heteroatoms. The summed E-state index contributed by atoms with van der Waals surface area (Å²) in [6, 6.07) is 28.0. The third-order valence-electron chi connectivity index (χ3n) is 4.25. The quantitative estimate of drug-likeness (QED) is 0.360. The van der Waals surface area contributed by atoms with Crippen molar-refractivity contribution in [2.45, 2.75) is 25.7 Å². The van der Waals surface area contributed by atoms with Crippen LogP contribution < -0.4 is 0 Å². The Kier molecular flexibility index (Phi) is 8.31. The number of esters is 1. The van der Waals surface area contributed by atoms with Crippen LogP contribution in [0.25, 0.3) is 0 Å². The molecule has 0 bridgehead atoms. The normalized spacial score (nSPS) is 13.9. The SMILES string of the molecule is O=C(OCc1ccccc1)[C@H](Cc1ccccc1)OP(O)(=S)OCc1ccccc1. The van der Waals surface area contributed by atoms with Gasteiger partial charge in [-0.05, 0) is 28.5 Å². The maximum Gasteiger partial charge on any atom is 0.336 e. The van der Waals surface area contributed by atoms with Gasteiger partial charge in [0.05, 0.1) is 6.61 Å². The lowest BCUT2D eigenvalue weighted by Gasteiger charge is -2.22. The Labute approximate surface area is 181 Å². The van der Waals surface area contributed by atoms with E-state index in [2.05, 4.69) is 0 Å². The number of hydrogen-bond donors (Lipinski definition) is 1. The van der Waals surface area contributed by atoms with Crippen molar-refractivity contribution in [3.8, 4) is 0 Å². The summed E-state index contributed by atoms with van der Waals surface area (Å²) < 4.78 is 16.5. The van der Waals surface area contributed by atoms with Crippen LogP contribution in [0, 0.1) is 0 Å². The predicted octanol–water partition coefficient (Wildman–Crippen LogP) is 4.79. The van der Waals surface area contributed by atoms with Gasteiger partial charge in [-0.3, -0.25) is 4.52 Å². The Bertz CT molecular complexity index is 967. The molecule has 1 N–H and O–H groups in total. The molecular weight excluding hydrogens is 419 g/mol. The summed E-state index contributed by atoms with van der Waals surface area (Å²) in [5.41, 5.74) is 2.56. The average molecular weight is 442 g/mol. The second kappa shape index (κ2) is 11.2. The first-order valence-electron chi connectivity index (χ1n) is 9.46. The molecule has 156 valence electrons. The van der Waals surface area contributed by atoms with Crippen LogP contribution in [-0.4, -0.2) is 17.0 Å². The number of benzene rings is 3. The Balaban J connectivity index is 1.66. The lowest BCUT2D eigenvalue weighted by atomic mass is 10.1. The fraction of sp³-hybridized carbons (Fsp3) is 0.174. The second-order valence-corrected chi connectivity index (χ2v) is 9.40. The molecule has 3 aromatic carbocycles. The van der Waals surface area contributed by atoms with Crippen molar-refractivity contribution in [2.75, 3.05) is 0 Å². The zero-order valence-corrected chi connectivity index (χ0v) is 18.0. The predicted molar refractivity (Wildman–Crippen MR) is 119 cm³/mol. The summed E-state index contributed by atoms with van der Waals surface area (Å²) in [5.74, 6) is -0.603. The van der Waals surface area contributed by atoms with Gasteiger partial charge >= 0.3 is 12.7 Å². The molecule has 0 radical (unpaired) electrons. The Hall–Kier alpha value is -2.34. The van der Waals surface area contributed by atoms with Crippen LogP contribution in [0.2, 0.25) is 0 Å². The minimum atomic E-state index is -3.67. The number of ether oxygens (including phenoxy) is 1. The molecule has 3 aromatic rings. The molecule has 0 aromatic heterocycles. The van der Waals surface area contributed by atoms with E-state index in [0.29, 0.717) is 0 Å². The summed E-state index contributed by atoms with van der Waals surface area (Å²) in [7, 11) is 0. The maximum atomic E-state index is 12.7. The molecular formula is C23H23O5PS. The molecule has 0 heterocycles. The summed E-state index contributed by atoms with van der Waals surface area (Å²) in [6.07, 6.45) is -0.870. The molecule has 30 heavy (non-hydrogen) atoms. The molecule has 0 aliphatic heterocycles. The van der Waals surface area contributed by atoms with Crippen molar-refractivity contribution in [1.82, 2.24) is 0 Å². The van der Waals surface area contributed by atoms with Gasteiger partial charge in [-0.1, -0.05) is 91.0 Å². The van der Waals surface area contributed by atoms with Crippen molar-refractivity contribution < 1.29 is 23.5 Å². The van der Waals surface area contributed by atoms with Crippen LogP contribution >= 0.6 is 6.72 Å². The fourth-order valence-corrected chi connectivity index (χ4v) is 4.06. The first-order valence-corrected chi connectivity index (χ1v) is 12.0. The Morgan fingerprint density at radius 2 is 1.27 bits per heavy atom. The molecule has 5 nitrogen and oxygen atoms in total. The monoisotopic (exact) mass is 442 g/mol. The first-order chi connectivity index (χ1) is 14.5. The highest BCUT2D eigenvalue weighted by molar-refractivity contribution is 8.07. The smallest absolute Gasteiger partial charge is 0.336 e. The summed E-state index contributed by atoms with van der Waals surface area (Å²) >= 11 is 5.15. The van der Waals surface area contributed by atoms with Crippen LogP contribution in [0.15, 0.2) is 91.0 Å². The van der Waals surface area contributed by atoms with E-state index in [1.807, 2.05) is 91.0 Å². The van der Waals surface area contributed by atoms with Gasteiger partial charge in [-0.2, -0.15) is 0 Å². The number of carbonyl (C=O) groups excluding carboxylic acids is 1. The van der Waals surface area contributed by atoms with Gasteiger partial charge in [-0.15, -0.1) is 0 Å². The van der Waals surface area contributed by atoms with Gasteiger partial charge in [0.2, 0.25) is 0 Å². The Morgan fingerprint density at radius 1 is 0.800 bits per heavy atom. The van der Waals surface area contributed by atoms with Gasteiger partial charge in [0.1, 0.15) is 6.61 Å². The molecule has 0 spiro atoms. The molecule has 0 aliphatic carbocycles. The number of carbonyl (C=O) groups is 1. The van der Waals surface area contributed by atoms with E-state index < -0.39 is 18.8 Å². The van der Waals surface area contributed by atoms with Crippen molar-refractivity contribution in [3.05, 3.63) is 108 Å². The second-order valence-electron chi connectivity index (χ2n) is 6.60. The van der Waals surface area contributed by atoms with E-state index >= 15 is 0 Å². The van der Waals surface area contributed by atoms with Crippen molar-refractivity contribution in [3.63, 3.8) is 0 Å². The van der Waals surface area contributed by atoms with E-state index in [1.54, 1.807) is 0 Å². The molecule has 0 aliphatic rings. The minimum Gasteiger partial charge on any atom is -0.459 e. The lowest BCUT2D eigenvalue weighted by Crippen LogP contribution is -2.28. The van der Waals surface area contributed by atoms with Gasteiger partial charge < -0.3 is 14.2 Å². The third kappa shape index (κ3) is 7.48. The van der Waals surface area contributed by atoms with E-state index in [1.165, 1.54) is 0 Å². The fourth-order valence-electron chi connectivity index (χ4n) is 2.74. The molecule has 0 fully saturated rings. The van der Waals surface area contributed by atoms with Crippen LogP contribution in [0.4, 0.5) is 0 Å². The van der Waals surface area contributed by atoms with Crippen LogP contribution in [-0.2, 0) is 50.0 Å². The highest BCUT2D eigenvalue weighted by Crippen LogP contribution is 2.46. The number of rotatable bonds is 10. The standard InChI is InChI=1S/C23H23O5PS/c24-23(26-17-20-12-6-2-7-13-20)22(16-19-10-4-1-5-11-19)28-29(25,30)27-18-21-14-8-3-9-15-21/h1-15,22H,16-18H2,(H,25,30)/t22-,29?/m0/s1. The van der Waals surface area contributed by atoms with Crippen molar-refractivity contribution in [2.24, 2.45) is 0 Å². The van der Waals surface area contributed by atoms with E-state index in [9.17, 15) is 9.69 Å². The molecule has 1 unspecified atom stereocenters. The van der Waals surface area contributed by atoms with Crippen LogP contribution in [0.5, 0.6) is 0 Å². The topological polar surface area (TPSA) is 65.0 Å². The average Bonchev–Trinajstić information content (AvgIpc) is 2.78. The molecule has 2 atom stereocenters. The van der Waals surface area contributed by atoms with Crippen molar-refractivity contribution in [1.29, 1.82) is 0 Å². The molecule has 3 rings (SSSR count). The highest BCUT2D eigenvalue weighted by Gasteiger charge is 2.29. The lowest BCUT2D eigenvalue weighted by molar-refractivity contribution is -0.153. The minimum absolute atomic E-state index is 0.0890. The highest BCUT2D eigenvalue weighted by atomic mass is 32.5. The maximum absolute atomic E-state index is 12.7. The van der Waals surface area contributed by atoms with Crippen molar-refractivity contribution >= 4 is 24.5 Å². The van der Waals surface area contributed by atoms with E-state index in [4.69, 9.17) is 25.6 Å². The van der Waals surface area contributed by atoms with Gasteiger partial charge in [0.15, 0.2) is 6.10 Å². The van der Waals surface area contributed by atoms with Gasteiger partial charge in [0.25, 0.3) is 0 Å². The van der Waals surface area contributed by atoms with Gasteiger partial charge in [-0.25, -0.2) is 4.79 Å². The molecule has 0 saturated carbocycles. The van der Waals surface area contributed by atoms with E-state index in [-0.39, 0.29) is 19.6 Å².